The Hall–Kier alpha value is -3.48. The molecule has 0 radical (unpaired) electrons. The summed E-state index contributed by atoms with van der Waals surface area (Å²) >= 11 is 0. The second-order valence-corrected chi connectivity index (χ2v) is 7.71. The Kier molecular flexibility index (Phi) is 7.98. The van der Waals surface area contributed by atoms with Crippen LogP contribution in [-0.2, 0) is 9.59 Å². The van der Waals surface area contributed by atoms with E-state index in [1.807, 2.05) is 20.8 Å². The Bertz CT molecular complexity index is 1040. The van der Waals surface area contributed by atoms with Crippen molar-refractivity contribution in [1.29, 1.82) is 0 Å². The molecule has 1 aliphatic rings. The van der Waals surface area contributed by atoms with Gasteiger partial charge in [0.15, 0.2) is 11.5 Å². The van der Waals surface area contributed by atoms with E-state index in [0.717, 1.165) is 6.42 Å². The number of Topliss-reactive ketones (excluding diaryl/α,β-unsaturated/α-hetero) is 1. The summed E-state index contributed by atoms with van der Waals surface area (Å²) < 4.78 is 16.7. The molecule has 2 aromatic carbocycles. The number of hydrogen-bond acceptors (Lipinski definition) is 6. The topological polar surface area (TPSA) is 85.3 Å². The van der Waals surface area contributed by atoms with Gasteiger partial charge in [0, 0.05) is 12.1 Å². The molecule has 1 N–H and O–H groups in total. The molecule has 1 heterocycles. The van der Waals surface area contributed by atoms with Crippen LogP contribution < -0.4 is 14.2 Å². The van der Waals surface area contributed by atoms with E-state index in [2.05, 4.69) is 0 Å². The molecular formula is C26H31NO6. The van der Waals surface area contributed by atoms with Gasteiger partial charge in [-0.1, -0.05) is 32.0 Å². The standard InChI is InChI=1S/C26H31NO6/c1-5-13-27-23(17-11-12-20(32-7-3)21(16-17)31-4)22(25(29)26(27)30)24(28)18-9-8-10-19(15-18)33-14-6-2/h8-12,15-16,23,28H,5-7,13-14H2,1-4H3/b24-22-. The highest BCUT2D eigenvalue weighted by Gasteiger charge is 2.45. The quantitative estimate of drug-likeness (QED) is 0.318. The summed E-state index contributed by atoms with van der Waals surface area (Å²) in [6.07, 6.45) is 1.51. The second kappa shape index (κ2) is 10.9. The molecule has 0 aliphatic carbocycles. The molecule has 1 atom stereocenters. The van der Waals surface area contributed by atoms with E-state index in [1.54, 1.807) is 42.5 Å². The first-order valence-electron chi connectivity index (χ1n) is 11.3. The third kappa shape index (κ3) is 4.97. The first kappa shape index (κ1) is 24.2. The highest BCUT2D eigenvalue weighted by molar-refractivity contribution is 6.46. The number of aliphatic hydroxyl groups excluding tert-OH is 1. The van der Waals surface area contributed by atoms with Crippen molar-refractivity contribution in [2.45, 2.75) is 39.7 Å². The molecule has 1 fully saturated rings. The van der Waals surface area contributed by atoms with Crippen LogP contribution in [0, 0.1) is 0 Å². The molecule has 7 heteroatoms. The van der Waals surface area contributed by atoms with Crippen molar-refractivity contribution in [3.05, 3.63) is 59.2 Å². The number of ketones is 1. The van der Waals surface area contributed by atoms with Crippen molar-refractivity contribution < 1.29 is 28.9 Å². The maximum atomic E-state index is 13.1. The van der Waals surface area contributed by atoms with E-state index in [4.69, 9.17) is 14.2 Å². The fourth-order valence-corrected chi connectivity index (χ4v) is 3.94. The lowest BCUT2D eigenvalue weighted by Crippen LogP contribution is -2.30. The Morgan fingerprint density at radius 2 is 1.79 bits per heavy atom. The van der Waals surface area contributed by atoms with Gasteiger partial charge >= 0.3 is 0 Å². The molecule has 1 aliphatic heterocycles. The van der Waals surface area contributed by atoms with Gasteiger partial charge in [-0.25, -0.2) is 0 Å². The fourth-order valence-electron chi connectivity index (χ4n) is 3.94. The maximum Gasteiger partial charge on any atom is 0.295 e. The zero-order chi connectivity index (χ0) is 24.0. The van der Waals surface area contributed by atoms with Crippen LogP contribution in [0.25, 0.3) is 5.76 Å². The Labute approximate surface area is 194 Å². The van der Waals surface area contributed by atoms with Crippen LogP contribution in [0.1, 0.15) is 50.8 Å². The predicted octanol–water partition coefficient (Wildman–Crippen LogP) is 4.71. The number of likely N-dealkylation sites (tertiary alicyclic amines) is 1. The second-order valence-electron chi connectivity index (χ2n) is 7.71. The molecule has 1 unspecified atom stereocenters. The highest BCUT2D eigenvalue weighted by Crippen LogP contribution is 2.42. The van der Waals surface area contributed by atoms with Crippen molar-refractivity contribution in [3.63, 3.8) is 0 Å². The van der Waals surface area contributed by atoms with Crippen LogP contribution >= 0.6 is 0 Å². The van der Waals surface area contributed by atoms with Gasteiger partial charge in [-0.05, 0) is 49.6 Å². The lowest BCUT2D eigenvalue weighted by Gasteiger charge is -2.25. The summed E-state index contributed by atoms with van der Waals surface area (Å²) in [5.41, 5.74) is 1.12. The number of hydrogen-bond donors (Lipinski definition) is 1. The van der Waals surface area contributed by atoms with Gasteiger partial charge in [-0.15, -0.1) is 0 Å². The monoisotopic (exact) mass is 453 g/mol. The summed E-state index contributed by atoms with van der Waals surface area (Å²) in [6.45, 7) is 7.20. The summed E-state index contributed by atoms with van der Waals surface area (Å²) in [4.78, 5) is 27.5. The van der Waals surface area contributed by atoms with Gasteiger partial charge in [-0.3, -0.25) is 9.59 Å². The normalized spacial score (nSPS) is 17.3. The number of methoxy groups -OCH3 is 1. The van der Waals surface area contributed by atoms with Crippen LogP contribution in [-0.4, -0.2) is 48.6 Å². The first-order valence-corrected chi connectivity index (χ1v) is 11.3. The van der Waals surface area contributed by atoms with E-state index in [1.165, 1.54) is 12.0 Å². The zero-order valence-corrected chi connectivity index (χ0v) is 19.6. The zero-order valence-electron chi connectivity index (χ0n) is 19.6. The van der Waals surface area contributed by atoms with Crippen LogP contribution in [0.15, 0.2) is 48.0 Å². The predicted molar refractivity (Wildman–Crippen MR) is 126 cm³/mol. The van der Waals surface area contributed by atoms with Gasteiger partial charge in [0.05, 0.1) is 31.9 Å². The average Bonchev–Trinajstić information content (AvgIpc) is 3.08. The smallest absolute Gasteiger partial charge is 0.295 e. The number of ether oxygens (including phenoxy) is 3. The summed E-state index contributed by atoms with van der Waals surface area (Å²) in [5, 5.41) is 11.2. The van der Waals surface area contributed by atoms with Crippen LogP contribution in [0.2, 0.25) is 0 Å². The maximum absolute atomic E-state index is 13.1. The number of benzene rings is 2. The Morgan fingerprint density at radius 1 is 1.00 bits per heavy atom. The molecule has 1 saturated heterocycles. The highest BCUT2D eigenvalue weighted by atomic mass is 16.5. The van der Waals surface area contributed by atoms with Gasteiger partial charge in [0.1, 0.15) is 11.5 Å². The van der Waals surface area contributed by atoms with Crippen molar-refractivity contribution in [1.82, 2.24) is 4.90 Å². The molecule has 0 saturated carbocycles. The van der Waals surface area contributed by atoms with E-state index >= 15 is 0 Å². The Balaban J connectivity index is 2.14. The van der Waals surface area contributed by atoms with Gasteiger partial charge < -0.3 is 24.2 Å². The van der Waals surface area contributed by atoms with Crippen LogP contribution in [0.5, 0.6) is 17.2 Å². The third-order valence-corrected chi connectivity index (χ3v) is 5.39. The number of amides is 1. The summed E-state index contributed by atoms with van der Waals surface area (Å²) in [6, 6.07) is 11.5. The lowest BCUT2D eigenvalue weighted by atomic mass is 9.95. The minimum Gasteiger partial charge on any atom is -0.507 e. The largest absolute Gasteiger partial charge is 0.507 e. The molecule has 0 spiro atoms. The van der Waals surface area contributed by atoms with Crippen molar-refractivity contribution in [2.75, 3.05) is 26.9 Å². The van der Waals surface area contributed by atoms with Crippen LogP contribution in [0.4, 0.5) is 0 Å². The third-order valence-electron chi connectivity index (χ3n) is 5.39. The first-order chi connectivity index (χ1) is 16.0. The van der Waals surface area contributed by atoms with Crippen molar-refractivity contribution in [3.8, 4) is 17.2 Å². The van der Waals surface area contributed by atoms with Crippen molar-refractivity contribution >= 4 is 17.4 Å². The number of carbonyl (C=O) groups excluding carboxylic acids is 2. The summed E-state index contributed by atoms with van der Waals surface area (Å²) in [7, 11) is 1.53. The SMILES string of the molecule is CCCOc1cccc(/C(O)=C2/C(=O)C(=O)N(CCC)C2c2ccc(OCC)c(OC)c2)c1. The molecule has 3 rings (SSSR count). The van der Waals surface area contributed by atoms with E-state index in [9.17, 15) is 14.7 Å². The van der Waals surface area contributed by atoms with Gasteiger partial charge in [0.2, 0.25) is 0 Å². The fraction of sp³-hybridized carbons (Fsp3) is 0.385. The molecule has 176 valence electrons. The van der Waals surface area contributed by atoms with E-state index in [0.29, 0.717) is 54.6 Å². The molecule has 7 nitrogen and oxygen atoms in total. The van der Waals surface area contributed by atoms with Crippen LogP contribution in [0.3, 0.4) is 0 Å². The number of rotatable bonds is 10. The Morgan fingerprint density at radius 3 is 2.45 bits per heavy atom. The molecule has 2 aromatic rings. The molecule has 0 bridgehead atoms. The minimum atomic E-state index is -0.741. The molecule has 1 amide bonds. The summed E-state index contributed by atoms with van der Waals surface area (Å²) in [5.74, 6) is 0.0754. The number of aliphatic hydroxyl groups is 1. The number of carbonyl (C=O) groups is 2. The van der Waals surface area contributed by atoms with E-state index < -0.39 is 17.7 Å². The lowest BCUT2D eigenvalue weighted by molar-refractivity contribution is -0.139. The van der Waals surface area contributed by atoms with Crippen molar-refractivity contribution in [2.24, 2.45) is 0 Å². The van der Waals surface area contributed by atoms with E-state index in [-0.39, 0.29) is 11.3 Å². The molecule has 33 heavy (non-hydrogen) atoms. The molecular weight excluding hydrogens is 422 g/mol. The van der Waals surface area contributed by atoms with Gasteiger partial charge in [0.25, 0.3) is 11.7 Å². The number of nitrogens with zero attached hydrogens (tertiary/aromatic N) is 1. The average molecular weight is 454 g/mol. The van der Waals surface area contributed by atoms with Gasteiger partial charge in [-0.2, -0.15) is 0 Å². The minimum absolute atomic E-state index is 0.0484. The molecule has 0 aromatic heterocycles.